The number of carbonyl (C=O) groups is 1. The summed E-state index contributed by atoms with van der Waals surface area (Å²) in [7, 11) is 0. The van der Waals surface area contributed by atoms with Gasteiger partial charge in [-0.2, -0.15) is 8.78 Å². The summed E-state index contributed by atoms with van der Waals surface area (Å²) in [5.74, 6) is -4.77. The minimum atomic E-state index is -2.03. The maximum atomic E-state index is 14.2. The summed E-state index contributed by atoms with van der Waals surface area (Å²) in [6.45, 7) is -0.637. The van der Waals surface area contributed by atoms with E-state index in [1.165, 1.54) is 0 Å². The van der Waals surface area contributed by atoms with Gasteiger partial charge in [-0.1, -0.05) is 6.07 Å². The van der Waals surface area contributed by atoms with Gasteiger partial charge in [-0.05, 0) is 29.8 Å². The minimum Gasteiger partial charge on any atom is -0.394 e. The molecule has 27 heavy (non-hydrogen) atoms. The lowest BCUT2D eigenvalue weighted by molar-refractivity contribution is 0.0168. The first kappa shape index (κ1) is 20.3. The zero-order valence-corrected chi connectivity index (χ0v) is 13.5. The number of halogens is 5. The van der Waals surface area contributed by atoms with E-state index in [2.05, 4.69) is 10.2 Å². The normalized spacial score (nSPS) is 10.4. The van der Waals surface area contributed by atoms with Crippen molar-refractivity contribution in [3.8, 4) is 0 Å². The Labute approximate surface area is 150 Å². The molecule has 0 heterocycles. The van der Waals surface area contributed by atoms with Crippen LogP contribution in [0.25, 0.3) is 6.08 Å². The average molecular weight is 388 g/mol. The second-order valence-electron chi connectivity index (χ2n) is 5.09. The number of hydrogen-bond acceptors (Lipinski definition) is 4. The smallest absolute Gasteiger partial charge is 0.277 e. The highest BCUT2D eigenvalue weighted by Crippen LogP contribution is 2.28. The van der Waals surface area contributed by atoms with Crippen molar-refractivity contribution in [1.29, 1.82) is 0 Å². The van der Waals surface area contributed by atoms with E-state index >= 15 is 0 Å². The molecule has 0 spiro atoms. The number of hydroxylamine groups is 1. The fourth-order valence-corrected chi connectivity index (χ4v) is 2.06. The van der Waals surface area contributed by atoms with Crippen LogP contribution >= 0.6 is 0 Å². The van der Waals surface area contributed by atoms with Crippen LogP contribution in [-0.4, -0.2) is 24.2 Å². The second kappa shape index (κ2) is 9.10. The molecule has 0 unspecified atom stereocenters. The van der Waals surface area contributed by atoms with E-state index in [0.717, 1.165) is 24.3 Å². The van der Waals surface area contributed by atoms with Crippen LogP contribution in [-0.2, 0) is 4.84 Å². The molecule has 0 radical (unpaired) electrons. The van der Waals surface area contributed by atoms with Gasteiger partial charge >= 0.3 is 0 Å². The molecule has 5 nitrogen and oxygen atoms in total. The Hall–Kier alpha value is -2.98. The fourth-order valence-electron chi connectivity index (χ4n) is 2.06. The number of hydrogen-bond donors (Lipinski definition) is 3. The molecular formula is C17H13F5N2O3. The number of aliphatic hydroxyl groups is 1. The molecule has 0 saturated carbocycles. The van der Waals surface area contributed by atoms with Gasteiger partial charge in [0.1, 0.15) is 5.82 Å². The molecule has 2 aromatic rings. The summed E-state index contributed by atoms with van der Waals surface area (Å²) in [6.07, 6.45) is -1.61. The van der Waals surface area contributed by atoms with E-state index in [-0.39, 0.29) is 17.9 Å². The zero-order valence-electron chi connectivity index (χ0n) is 13.5. The van der Waals surface area contributed by atoms with Crippen molar-refractivity contribution in [1.82, 2.24) is 5.48 Å². The third kappa shape index (κ3) is 5.25. The molecular weight excluding hydrogens is 375 g/mol. The Balaban J connectivity index is 2.36. The number of benzene rings is 2. The minimum absolute atomic E-state index is 0.145. The maximum Gasteiger partial charge on any atom is 0.277 e. The molecule has 0 aliphatic carbocycles. The van der Waals surface area contributed by atoms with Gasteiger partial charge < -0.3 is 10.4 Å². The molecule has 0 atom stereocenters. The molecule has 144 valence electrons. The summed E-state index contributed by atoms with van der Waals surface area (Å²) in [5, 5.41) is 10.8. The summed E-state index contributed by atoms with van der Waals surface area (Å²) in [4.78, 5) is 16.6. The molecule has 2 aromatic carbocycles. The monoisotopic (exact) mass is 388 g/mol. The van der Waals surface area contributed by atoms with Crippen molar-refractivity contribution >= 4 is 23.4 Å². The van der Waals surface area contributed by atoms with Crippen molar-refractivity contribution in [3.05, 3.63) is 65.0 Å². The van der Waals surface area contributed by atoms with Crippen LogP contribution in [0.4, 0.5) is 33.3 Å². The van der Waals surface area contributed by atoms with Gasteiger partial charge in [0.2, 0.25) is 0 Å². The van der Waals surface area contributed by atoms with Crippen LogP contribution in [0, 0.1) is 17.5 Å². The predicted octanol–water partition coefficient (Wildman–Crippen LogP) is 3.74. The highest BCUT2D eigenvalue weighted by molar-refractivity contribution is 6.00. The Kier molecular flexibility index (Phi) is 6.85. The van der Waals surface area contributed by atoms with Gasteiger partial charge in [-0.25, -0.2) is 18.7 Å². The van der Waals surface area contributed by atoms with E-state index in [4.69, 9.17) is 5.11 Å². The van der Waals surface area contributed by atoms with E-state index in [9.17, 15) is 26.7 Å². The standard InChI is InChI=1S/C17H13F5N2O3/c18-11-3-2-10(17(26)24-27-6-5-25)16(15(11)22)23-13-4-1-9(7-12(13)19)8-14(20)21/h1-4,7-8,23,25H,5-6H2,(H,24,26). The Morgan fingerprint density at radius 1 is 1.11 bits per heavy atom. The molecule has 10 heteroatoms. The molecule has 0 aliphatic rings. The van der Waals surface area contributed by atoms with Crippen molar-refractivity contribution in [3.63, 3.8) is 0 Å². The Bertz CT molecular complexity index is 870. The number of anilines is 2. The van der Waals surface area contributed by atoms with Gasteiger partial charge in [0.25, 0.3) is 12.0 Å². The number of amides is 1. The summed E-state index contributed by atoms with van der Waals surface area (Å²) in [6, 6.07) is 4.52. The molecule has 0 aliphatic heterocycles. The van der Waals surface area contributed by atoms with Crippen LogP contribution in [0.3, 0.4) is 0 Å². The summed E-state index contributed by atoms with van der Waals surface area (Å²) >= 11 is 0. The first-order chi connectivity index (χ1) is 12.8. The molecule has 1 amide bonds. The Morgan fingerprint density at radius 3 is 2.48 bits per heavy atom. The fraction of sp³-hybridized carbons (Fsp3) is 0.118. The topological polar surface area (TPSA) is 70.6 Å². The second-order valence-corrected chi connectivity index (χ2v) is 5.09. The van der Waals surface area contributed by atoms with Gasteiger partial charge in [0.05, 0.1) is 30.2 Å². The predicted molar refractivity (Wildman–Crippen MR) is 86.7 cm³/mol. The number of carbonyl (C=O) groups excluding carboxylic acids is 1. The van der Waals surface area contributed by atoms with Gasteiger partial charge in [-0.15, -0.1) is 0 Å². The average Bonchev–Trinajstić information content (AvgIpc) is 2.60. The largest absolute Gasteiger partial charge is 0.394 e. The van der Waals surface area contributed by atoms with E-state index in [1.807, 2.05) is 5.48 Å². The van der Waals surface area contributed by atoms with E-state index in [1.54, 1.807) is 0 Å². The van der Waals surface area contributed by atoms with Crippen LogP contribution < -0.4 is 10.8 Å². The SMILES string of the molecule is O=C(NOCCO)c1ccc(F)c(F)c1Nc1ccc(C=C(F)F)cc1F. The first-order valence-electron chi connectivity index (χ1n) is 7.43. The lowest BCUT2D eigenvalue weighted by atomic mass is 10.1. The molecule has 0 fully saturated rings. The molecule has 0 aromatic heterocycles. The number of rotatable bonds is 7. The number of nitrogens with one attached hydrogen (secondary N) is 2. The molecule has 2 rings (SSSR count). The van der Waals surface area contributed by atoms with Crippen molar-refractivity contribution < 1.29 is 36.7 Å². The zero-order chi connectivity index (χ0) is 20.0. The first-order valence-corrected chi connectivity index (χ1v) is 7.43. The van der Waals surface area contributed by atoms with Crippen molar-refractivity contribution in [2.75, 3.05) is 18.5 Å². The van der Waals surface area contributed by atoms with Crippen molar-refractivity contribution in [2.45, 2.75) is 0 Å². The molecule has 0 bridgehead atoms. The third-order valence-electron chi connectivity index (χ3n) is 3.23. The number of aliphatic hydroxyl groups excluding tert-OH is 1. The van der Waals surface area contributed by atoms with Crippen molar-refractivity contribution in [2.24, 2.45) is 0 Å². The third-order valence-corrected chi connectivity index (χ3v) is 3.23. The molecule has 0 saturated heterocycles. The Morgan fingerprint density at radius 2 is 1.85 bits per heavy atom. The van der Waals surface area contributed by atoms with Gasteiger partial charge in [0.15, 0.2) is 11.6 Å². The van der Waals surface area contributed by atoms with Gasteiger partial charge in [0, 0.05) is 6.08 Å². The summed E-state index contributed by atoms with van der Waals surface area (Å²) < 4.78 is 66.2. The van der Waals surface area contributed by atoms with E-state index in [0.29, 0.717) is 12.1 Å². The van der Waals surface area contributed by atoms with Crippen LogP contribution in [0.15, 0.2) is 36.4 Å². The highest BCUT2D eigenvalue weighted by Gasteiger charge is 2.20. The lowest BCUT2D eigenvalue weighted by Gasteiger charge is -2.14. The van der Waals surface area contributed by atoms with Gasteiger partial charge in [-0.3, -0.25) is 9.63 Å². The molecule has 3 N–H and O–H groups in total. The maximum absolute atomic E-state index is 14.2. The van der Waals surface area contributed by atoms with Crippen LogP contribution in [0.1, 0.15) is 15.9 Å². The van der Waals surface area contributed by atoms with Crippen LogP contribution in [0.2, 0.25) is 0 Å². The van der Waals surface area contributed by atoms with E-state index < -0.39 is 47.3 Å². The highest BCUT2D eigenvalue weighted by atomic mass is 19.3. The lowest BCUT2D eigenvalue weighted by Crippen LogP contribution is -2.26. The quantitative estimate of drug-likeness (QED) is 0.384. The van der Waals surface area contributed by atoms with Crippen LogP contribution in [0.5, 0.6) is 0 Å². The summed E-state index contributed by atoms with van der Waals surface area (Å²) in [5.41, 5.74) is 0.293.